The fraction of sp³-hybridized carbons (Fsp3) is 0.933. The highest BCUT2D eigenvalue weighted by Gasteiger charge is 2.34. The van der Waals surface area contributed by atoms with Crippen molar-refractivity contribution in [3.05, 3.63) is 0 Å². The lowest BCUT2D eigenvalue weighted by molar-refractivity contribution is -0.124. The molecule has 0 saturated carbocycles. The molecule has 2 heteroatoms. The molecule has 1 heterocycles. The minimum absolute atomic E-state index is 0.192. The molecule has 100 valence electrons. The van der Waals surface area contributed by atoms with Crippen LogP contribution in [0.15, 0.2) is 0 Å². The predicted molar refractivity (Wildman–Crippen MR) is 73.3 cm³/mol. The van der Waals surface area contributed by atoms with Gasteiger partial charge in [-0.25, -0.2) is 0 Å². The van der Waals surface area contributed by atoms with Gasteiger partial charge in [-0.3, -0.25) is 4.79 Å². The van der Waals surface area contributed by atoms with Gasteiger partial charge >= 0.3 is 0 Å². The maximum absolute atomic E-state index is 12.0. The van der Waals surface area contributed by atoms with E-state index in [1.165, 1.54) is 38.5 Å². The number of rotatable bonds is 9. The molecule has 2 nitrogen and oxygen atoms in total. The fourth-order valence-corrected chi connectivity index (χ4v) is 2.65. The first-order valence-corrected chi connectivity index (χ1v) is 7.47. The topological polar surface area (TPSA) is 29.1 Å². The number of ketones is 1. The van der Waals surface area contributed by atoms with Crippen molar-refractivity contribution >= 4 is 5.78 Å². The zero-order chi connectivity index (χ0) is 12.6. The molecule has 1 rings (SSSR count). The minimum Gasteiger partial charge on any atom is -0.305 e. The van der Waals surface area contributed by atoms with Crippen LogP contribution in [0.3, 0.4) is 0 Å². The van der Waals surface area contributed by atoms with Gasteiger partial charge in [0.05, 0.1) is 5.54 Å². The monoisotopic (exact) mass is 239 g/mol. The molecule has 1 unspecified atom stereocenters. The van der Waals surface area contributed by atoms with Crippen molar-refractivity contribution < 1.29 is 4.79 Å². The van der Waals surface area contributed by atoms with E-state index >= 15 is 0 Å². The molecule has 0 spiro atoms. The zero-order valence-corrected chi connectivity index (χ0v) is 11.7. The van der Waals surface area contributed by atoms with Crippen molar-refractivity contribution in [1.82, 2.24) is 5.32 Å². The van der Waals surface area contributed by atoms with Gasteiger partial charge in [-0.15, -0.1) is 0 Å². The third kappa shape index (κ3) is 5.20. The summed E-state index contributed by atoms with van der Waals surface area (Å²) in [6.45, 7) is 5.33. The van der Waals surface area contributed by atoms with Crippen LogP contribution in [0.2, 0.25) is 0 Å². The van der Waals surface area contributed by atoms with E-state index in [1.54, 1.807) is 0 Å². The Morgan fingerprint density at radius 3 is 2.35 bits per heavy atom. The second-order valence-corrected chi connectivity index (χ2v) is 5.66. The first-order chi connectivity index (χ1) is 8.19. The summed E-state index contributed by atoms with van der Waals surface area (Å²) < 4.78 is 0. The summed E-state index contributed by atoms with van der Waals surface area (Å²) in [6.07, 6.45) is 12.0. The Morgan fingerprint density at radius 2 is 1.76 bits per heavy atom. The summed E-state index contributed by atoms with van der Waals surface area (Å²) in [5, 5.41) is 3.35. The Hall–Kier alpha value is -0.370. The Balaban J connectivity index is 2.00. The van der Waals surface area contributed by atoms with E-state index in [0.717, 1.165) is 32.2 Å². The van der Waals surface area contributed by atoms with Crippen LogP contribution in [0.4, 0.5) is 0 Å². The number of carbonyl (C=O) groups excluding carboxylic acids is 1. The lowest BCUT2D eigenvalue weighted by Gasteiger charge is -2.22. The Kier molecular flexibility index (Phi) is 6.79. The predicted octanol–water partition coefficient (Wildman–Crippen LogP) is 3.84. The average Bonchev–Trinajstić information content (AvgIpc) is 2.76. The molecular formula is C15H29NO. The van der Waals surface area contributed by atoms with Gasteiger partial charge in [0.25, 0.3) is 0 Å². The Bertz CT molecular complexity index is 219. The average molecular weight is 239 g/mol. The molecule has 0 aliphatic carbocycles. The fourth-order valence-electron chi connectivity index (χ4n) is 2.65. The highest BCUT2D eigenvalue weighted by Crippen LogP contribution is 2.22. The summed E-state index contributed by atoms with van der Waals surface area (Å²) >= 11 is 0. The molecule has 0 radical (unpaired) electrons. The van der Waals surface area contributed by atoms with E-state index in [2.05, 4.69) is 19.2 Å². The minimum atomic E-state index is -0.192. The standard InChI is InChI=1S/C15H29NO/c1-3-4-5-6-7-8-9-11-14(17)15(2)12-10-13-16-15/h16H,3-13H2,1-2H3. The van der Waals surface area contributed by atoms with E-state index in [9.17, 15) is 4.79 Å². The summed E-state index contributed by atoms with van der Waals surface area (Å²) in [4.78, 5) is 12.0. The summed E-state index contributed by atoms with van der Waals surface area (Å²) in [5.41, 5.74) is -0.192. The number of hydrogen-bond acceptors (Lipinski definition) is 2. The normalized spacial score (nSPS) is 24.1. The van der Waals surface area contributed by atoms with Gasteiger partial charge in [0.2, 0.25) is 0 Å². The van der Waals surface area contributed by atoms with Crippen LogP contribution in [-0.2, 0) is 4.79 Å². The van der Waals surface area contributed by atoms with Crippen molar-refractivity contribution in [3.8, 4) is 0 Å². The molecule has 1 N–H and O–H groups in total. The highest BCUT2D eigenvalue weighted by atomic mass is 16.1. The van der Waals surface area contributed by atoms with Gasteiger partial charge in [0.1, 0.15) is 0 Å². The van der Waals surface area contributed by atoms with Crippen LogP contribution in [0.1, 0.15) is 78.1 Å². The van der Waals surface area contributed by atoms with Crippen molar-refractivity contribution in [3.63, 3.8) is 0 Å². The third-order valence-corrected chi connectivity index (χ3v) is 3.99. The Morgan fingerprint density at radius 1 is 1.12 bits per heavy atom. The van der Waals surface area contributed by atoms with Crippen molar-refractivity contribution in [2.75, 3.05) is 6.54 Å². The maximum Gasteiger partial charge on any atom is 0.152 e. The maximum atomic E-state index is 12.0. The first-order valence-electron chi connectivity index (χ1n) is 7.47. The molecule has 0 aromatic rings. The quantitative estimate of drug-likeness (QED) is 0.619. The third-order valence-electron chi connectivity index (χ3n) is 3.99. The molecule has 1 atom stereocenters. The SMILES string of the molecule is CCCCCCCCCC(=O)C1(C)CCCN1. The molecule has 17 heavy (non-hydrogen) atoms. The van der Waals surface area contributed by atoms with Crippen molar-refractivity contribution in [2.45, 2.75) is 83.6 Å². The van der Waals surface area contributed by atoms with Gasteiger partial charge in [0.15, 0.2) is 5.78 Å². The largest absolute Gasteiger partial charge is 0.305 e. The Labute approximate surface area is 107 Å². The smallest absolute Gasteiger partial charge is 0.152 e. The van der Waals surface area contributed by atoms with Crippen LogP contribution in [0.25, 0.3) is 0 Å². The highest BCUT2D eigenvalue weighted by molar-refractivity contribution is 5.88. The first kappa shape index (κ1) is 14.7. The van der Waals surface area contributed by atoms with Crippen molar-refractivity contribution in [2.24, 2.45) is 0 Å². The zero-order valence-electron chi connectivity index (χ0n) is 11.7. The summed E-state index contributed by atoms with van der Waals surface area (Å²) in [6, 6.07) is 0. The summed E-state index contributed by atoms with van der Waals surface area (Å²) in [7, 11) is 0. The van der Waals surface area contributed by atoms with E-state index in [0.29, 0.717) is 5.78 Å². The van der Waals surface area contributed by atoms with Crippen LogP contribution >= 0.6 is 0 Å². The molecule has 1 fully saturated rings. The lowest BCUT2D eigenvalue weighted by atomic mass is 9.91. The van der Waals surface area contributed by atoms with Gasteiger partial charge in [-0.05, 0) is 32.7 Å². The van der Waals surface area contributed by atoms with Crippen LogP contribution in [-0.4, -0.2) is 17.9 Å². The van der Waals surface area contributed by atoms with Gasteiger partial charge in [-0.2, -0.15) is 0 Å². The van der Waals surface area contributed by atoms with Crippen LogP contribution in [0.5, 0.6) is 0 Å². The van der Waals surface area contributed by atoms with Gasteiger partial charge in [-0.1, -0.05) is 45.4 Å². The molecule has 0 aromatic carbocycles. The van der Waals surface area contributed by atoms with Crippen LogP contribution in [0, 0.1) is 0 Å². The molecule has 1 saturated heterocycles. The number of nitrogens with one attached hydrogen (secondary N) is 1. The molecule has 1 aliphatic rings. The van der Waals surface area contributed by atoms with Gasteiger partial charge < -0.3 is 5.32 Å². The second-order valence-electron chi connectivity index (χ2n) is 5.66. The molecular weight excluding hydrogens is 210 g/mol. The van der Waals surface area contributed by atoms with E-state index < -0.39 is 0 Å². The number of Topliss-reactive ketones (excluding diaryl/α,β-unsaturated/α-hetero) is 1. The molecule has 0 aromatic heterocycles. The molecule has 1 aliphatic heterocycles. The van der Waals surface area contributed by atoms with Gasteiger partial charge in [0, 0.05) is 6.42 Å². The summed E-state index contributed by atoms with van der Waals surface area (Å²) in [5.74, 6) is 0.434. The molecule has 0 bridgehead atoms. The van der Waals surface area contributed by atoms with E-state index in [4.69, 9.17) is 0 Å². The lowest BCUT2D eigenvalue weighted by Crippen LogP contribution is -2.44. The number of unbranched alkanes of at least 4 members (excludes halogenated alkanes) is 6. The molecule has 0 amide bonds. The van der Waals surface area contributed by atoms with E-state index in [-0.39, 0.29) is 5.54 Å². The number of carbonyl (C=O) groups is 1. The number of hydrogen-bond donors (Lipinski definition) is 1. The van der Waals surface area contributed by atoms with Crippen molar-refractivity contribution in [1.29, 1.82) is 0 Å². The van der Waals surface area contributed by atoms with Crippen LogP contribution < -0.4 is 5.32 Å². The van der Waals surface area contributed by atoms with E-state index in [1.807, 2.05) is 0 Å². The second kappa shape index (κ2) is 7.86.